The molecule has 0 saturated heterocycles. The van der Waals surface area contributed by atoms with E-state index in [-0.39, 0.29) is 24.7 Å². The number of ketones is 1. The van der Waals surface area contributed by atoms with Crippen LogP contribution < -0.4 is 23.7 Å². The van der Waals surface area contributed by atoms with E-state index in [1.807, 2.05) is 18.2 Å². The lowest BCUT2D eigenvalue weighted by Gasteiger charge is -2.37. The fraction of sp³-hybridized carbons (Fsp3) is 0.433. The number of hydrogen-bond donors (Lipinski definition) is 0. The predicted octanol–water partition coefficient (Wildman–Crippen LogP) is 4.87. The Bertz CT molecular complexity index is 1330. The Labute approximate surface area is 228 Å². The van der Waals surface area contributed by atoms with Crippen molar-refractivity contribution < 1.29 is 38.0 Å². The molecule has 1 aliphatic heterocycles. The molecular weight excluding hydrogens is 502 g/mol. The third-order valence-electron chi connectivity index (χ3n) is 7.38. The van der Waals surface area contributed by atoms with Gasteiger partial charge in [-0.2, -0.15) is 0 Å². The van der Waals surface area contributed by atoms with Crippen molar-refractivity contribution in [1.29, 1.82) is 0 Å². The van der Waals surface area contributed by atoms with E-state index >= 15 is 0 Å². The van der Waals surface area contributed by atoms with Crippen LogP contribution in [0.3, 0.4) is 0 Å². The van der Waals surface area contributed by atoms with E-state index in [2.05, 4.69) is 0 Å². The minimum atomic E-state index is -0.794. The molecule has 0 saturated carbocycles. The molecule has 9 heteroatoms. The maximum Gasteiger partial charge on any atom is 0.315 e. The van der Waals surface area contributed by atoms with Gasteiger partial charge in [-0.15, -0.1) is 0 Å². The van der Waals surface area contributed by atoms with Gasteiger partial charge in [0.25, 0.3) is 0 Å². The molecule has 1 aliphatic carbocycles. The van der Waals surface area contributed by atoms with E-state index < -0.39 is 17.8 Å². The number of nitrogens with zero attached hydrogens (tertiary/aromatic N) is 1. The summed E-state index contributed by atoms with van der Waals surface area (Å²) in [6, 6.07) is 9.16. The molecule has 1 unspecified atom stereocenters. The van der Waals surface area contributed by atoms with Crippen LogP contribution in [-0.4, -0.2) is 59.6 Å². The summed E-state index contributed by atoms with van der Waals surface area (Å²) < 4.78 is 33.1. The summed E-state index contributed by atoms with van der Waals surface area (Å²) in [7, 11) is 7.78. The van der Waals surface area contributed by atoms with Gasteiger partial charge >= 0.3 is 5.97 Å². The van der Waals surface area contributed by atoms with Gasteiger partial charge < -0.3 is 28.4 Å². The summed E-state index contributed by atoms with van der Waals surface area (Å²) in [5.41, 5.74) is 3.32. The number of methoxy groups -OCH3 is 5. The van der Waals surface area contributed by atoms with Crippen LogP contribution in [-0.2, 0) is 14.3 Å². The monoisotopic (exact) mass is 537 g/mol. The number of carbonyl (C=O) groups excluding carboxylic acids is 2. The molecule has 0 amide bonds. The summed E-state index contributed by atoms with van der Waals surface area (Å²) in [5.74, 6) is 0.541. The number of aliphatic imine (C=N–C) groups is 1. The third-order valence-corrected chi connectivity index (χ3v) is 7.38. The first-order valence-corrected chi connectivity index (χ1v) is 12.8. The summed E-state index contributed by atoms with van der Waals surface area (Å²) in [5, 5.41) is 0. The van der Waals surface area contributed by atoms with E-state index in [4.69, 9.17) is 33.4 Å². The molecule has 3 atom stereocenters. The molecule has 0 bridgehead atoms. The van der Waals surface area contributed by atoms with E-state index in [1.54, 1.807) is 47.3 Å². The standard InChI is InChI=1S/C30H35NO8/c1-8-39-30(33)27-16(2)31-20-11-18(17-9-10-22(34-3)24(13-17)36-5)12-21(32)29(20)28(27)19-14-25(37-6)26(38-7)15-23(19)35-4/h9-10,13-15,18,27-28H,8,11-12H2,1-7H3/t18-,27?,28+/m0/s1. The Kier molecular flexibility index (Phi) is 8.47. The number of rotatable bonds is 9. The molecule has 2 aromatic carbocycles. The van der Waals surface area contributed by atoms with Crippen molar-refractivity contribution in [3.8, 4) is 28.7 Å². The van der Waals surface area contributed by atoms with Crippen molar-refractivity contribution in [3.63, 3.8) is 0 Å². The van der Waals surface area contributed by atoms with Gasteiger partial charge in [0.2, 0.25) is 0 Å². The van der Waals surface area contributed by atoms with Gasteiger partial charge in [-0.05, 0) is 49.9 Å². The second-order valence-electron chi connectivity index (χ2n) is 9.41. The zero-order valence-corrected chi connectivity index (χ0v) is 23.5. The third kappa shape index (κ3) is 5.17. The lowest BCUT2D eigenvalue weighted by Crippen LogP contribution is -2.38. The Morgan fingerprint density at radius 3 is 2.08 bits per heavy atom. The molecule has 1 heterocycles. The molecule has 2 aromatic rings. The molecular formula is C30H35NO8. The number of benzene rings is 2. The van der Waals surface area contributed by atoms with E-state index in [0.717, 1.165) is 5.56 Å². The average molecular weight is 538 g/mol. The number of hydrogen-bond acceptors (Lipinski definition) is 9. The molecule has 0 fully saturated rings. The summed E-state index contributed by atoms with van der Waals surface area (Å²) in [6.07, 6.45) is 0.778. The molecule has 0 radical (unpaired) electrons. The highest BCUT2D eigenvalue weighted by molar-refractivity contribution is 6.09. The smallest absolute Gasteiger partial charge is 0.315 e. The van der Waals surface area contributed by atoms with Gasteiger partial charge in [0.1, 0.15) is 11.7 Å². The highest BCUT2D eigenvalue weighted by Gasteiger charge is 2.46. The molecule has 39 heavy (non-hydrogen) atoms. The lowest BCUT2D eigenvalue weighted by atomic mass is 9.69. The SMILES string of the molecule is CCOC(=O)C1C(C)=NC2=C(C(=O)C[C@@H](c3ccc(OC)c(OC)c3)C2)[C@@H]1c1cc(OC)c(OC)cc1OC. The van der Waals surface area contributed by atoms with Crippen LogP contribution in [0.2, 0.25) is 0 Å². The van der Waals surface area contributed by atoms with Crippen molar-refractivity contribution in [2.75, 3.05) is 42.2 Å². The van der Waals surface area contributed by atoms with Crippen LogP contribution in [0.5, 0.6) is 28.7 Å². The maximum absolute atomic E-state index is 14.0. The van der Waals surface area contributed by atoms with E-state index in [9.17, 15) is 9.59 Å². The van der Waals surface area contributed by atoms with Gasteiger partial charge in [-0.25, -0.2) is 0 Å². The molecule has 4 rings (SSSR count). The first kappa shape index (κ1) is 28.0. The van der Waals surface area contributed by atoms with Gasteiger partial charge in [0, 0.05) is 41.0 Å². The van der Waals surface area contributed by atoms with Gasteiger partial charge in [0.15, 0.2) is 28.8 Å². The Hall–Kier alpha value is -4.01. The zero-order chi connectivity index (χ0) is 28.3. The average Bonchev–Trinajstić information content (AvgIpc) is 2.95. The van der Waals surface area contributed by atoms with Crippen LogP contribution in [0.4, 0.5) is 0 Å². The first-order chi connectivity index (χ1) is 18.8. The number of esters is 1. The molecule has 9 nitrogen and oxygen atoms in total. The van der Waals surface area contributed by atoms with Crippen LogP contribution in [0, 0.1) is 5.92 Å². The van der Waals surface area contributed by atoms with E-state index in [1.165, 1.54) is 14.2 Å². The maximum atomic E-state index is 14.0. The quantitative estimate of drug-likeness (QED) is 0.418. The van der Waals surface area contributed by atoms with Crippen molar-refractivity contribution in [3.05, 3.63) is 52.7 Å². The first-order valence-electron chi connectivity index (χ1n) is 12.8. The van der Waals surface area contributed by atoms with Crippen LogP contribution in [0.15, 0.2) is 46.6 Å². The van der Waals surface area contributed by atoms with Crippen LogP contribution in [0.1, 0.15) is 49.7 Å². The number of ether oxygens (including phenoxy) is 6. The molecule has 0 aromatic heterocycles. The highest BCUT2D eigenvalue weighted by Crippen LogP contribution is 2.51. The van der Waals surface area contributed by atoms with Crippen LogP contribution >= 0.6 is 0 Å². The molecule has 0 N–H and O–H groups in total. The van der Waals surface area contributed by atoms with Gasteiger partial charge in [-0.1, -0.05) is 6.07 Å². The van der Waals surface area contributed by atoms with Crippen molar-refractivity contribution in [2.24, 2.45) is 10.9 Å². The lowest BCUT2D eigenvalue weighted by molar-refractivity contribution is -0.146. The molecule has 208 valence electrons. The summed E-state index contributed by atoms with van der Waals surface area (Å²) in [4.78, 5) is 32.1. The largest absolute Gasteiger partial charge is 0.496 e. The predicted molar refractivity (Wildman–Crippen MR) is 146 cm³/mol. The highest BCUT2D eigenvalue weighted by atomic mass is 16.5. The van der Waals surface area contributed by atoms with Crippen molar-refractivity contribution >= 4 is 17.5 Å². The fourth-order valence-electron chi connectivity index (χ4n) is 5.57. The molecule has 0 spiro atoms. The second kappa shape index (κ2) is 11.8. The van der Waals surface area contributed by atoms with Gasteiger partial charge in [0.05, 0.1) is 42.2 Å². The van der Waals surface area contributed by atoms with E-state index in [0.29, 0.717) is 57.7 Å². The normalized spacial score (nSPS) is 20.5. The minimum absolute atomic E-state index is 0.0802. The fourth-order valence-corrected chi connectivity index (χ4v) is 5.57. The van der Waals surface area contributed by atoms with Crippen LogP contribution in [0.25, 0.3) is 0 Å². The second-order valence-corrected chi connectivity index (χ2v) is 9.41. The number of carbonyl (C=O) groups is 2. The van der Waals surface area contributed by atoms with Crippen molar-refractivity contribution in [2.45, 2.75) is 38.5 Å². The topological polar surface area (TPSA) is 102 Å². The minimum Gasteiger partial charge on any atom is -0.496 e. The summed E-state index contributed by atoms with van der Waals surface area (Å²) >= 11 is 0. The number of allylic oxidation sites excluding steroid dienone is 2. The van der Waals surface area contributed by atoms with Crippen molar-refractivity contribution in [1.82, 2.24) is 0 Å². The molecule has 2 aliphatic rings. The number of Topliss-reactive ketones (excluding diaryl/α,β-unsaturated/α-hetero) is 1. The Balaban J connectivity index is 1.87. The van der Waals surface area contributed by atoms with Gasteiger partial charge in [-0.3, -0.25) is 14.6 Å². The summed E-state index contributed by atoms with van der Waals surface area (Å²) in [6.45, 7) is 3.76. The Morgan fingerprint density at radius 2 is 1.46 bits per heavy atom. The zero-order valence-electron chi connectivity index (χ0n) is 23.5. The Morgan fingerprint density at radius 1 is 0.846 bits per heavy atom.